The van der Waals surface area contributed by atoms with Gasteiger partial charge in [-0.1, -0.05) is 0 Å². The fourth-order valence-corrected chi connectivity index (χ4v) is 1.11. The molecule has 0 aromatic carbocycles. The van der Waals surface area contributed by atoms with E-state index in [1.807, 2.05) is 0 Å². The van der Waals surface area contributed by atoms with Gasteiger partial charge in [-0.25, -0.2) is 15.0 Å². The van der Waals surface area contributed by atoms with Crippen molar-refractivity contribution < 1.29 is 0 Å². The summed E-state index contributed by atoms with van der Waals surface area (Å²) < 4.78 is 1.46. The van der Waals surface area contributed by atoms with Crippen LogP contribution in [0.2, 0.25) is 0 Å². The van der Waals surface area contributed by atoms with Gasteiger partial charge in [0.05, 0.1) is 12.4 Å². The normalized spacial score (nSPS) is 10.6. The molecule has 0 fully saturated rings. The zero-order chi connectivity index (χ0) is 9.42. The lowest BCUT2D eigenvalue weighted by Gasteiger charge is -2.01. The van der Waals surface area contributed by atoms with Crippen LogP contribution in [-0.4, -0.2) is 19.5 Å². The monoisotopic (exact) mass is 176 g/mol. The van der Waals surface area contributed by atoms with Crippen molar-refractivity contribution >= 4 is 11.2 Å². The van der Waals surface area contributed by atoms with E-state index in [0.717, 1.165) is 0 Å². The molecule has 2 aromatic rings. The summed E-state index contributed by atoms with van der Waals surface area (Å²) >= 11 is 0. The largest absolute Gasteiger partial charge is 0.293 e. The summed E-state index contributed by atoms with van der Waals surface area (Å²) in [5.74, 6) is 0.635. The lowest BCUT2D eigenvalue weighted by Crippen LogP contribution is -2.17. The molecule has 0 bridgehead atoms. The lowest BCUT2D eigenvalue weighted by molar-refractivity contribution is 0.861. The molecular weight excluding hydrogens is 168 g/mol. The van der Waals surface area contributed by atoms with Crippen molar-refractivity contribution in [2.75, 3.05) is 0 Å². The molecule has 0 radical (unpaired) electrons. The molecule has 0 atom stereocenters. The quantitative estimate of drug-likeness (QED) is 0.568. The molecule has 0 saturated carbocycles. The van der Waals surface area contributed by atoms with Crippen LogP contribution in [0.4, 0.5) is 0 Å². The van der Waals surface area contributed by atoms with Crippen LogP contribution >= 0.6 is 0 Å². The first kappa shape index (κ1) is 7.85. The van der Waals surface area contributed by atoms with E-state index in [9.17, 15) is 4.79 Å². The van der Waals surface area contributed by atoms with Crippen LogP contribution in [0.3, 0.4) is 0 Å². The molecule has 13 heavy (non-hydrogen) atoms. The van der Waals surface area contributed by atoms with E-state index in [2.05, 4.69) is 15.0 Å². The van der Waals surface area contributed by atoms with Crippen molar-refractivity contribution in [3.8, 4) is 0 Å². The summed E-state index contributed by atoms with van der Waals surface area (Å²) in [5, 5.41) is 0. The van der Waals surface area contributed by atoms with E-state index in [0.29, 0.717) is 17.0 Å². The minimum Gasteiger partial charge on any atom is -0.293 e. The summed E-state index contributed by atoms with van der Waals surface area (Å²) in [6.07, 6.45) is 2.87. The molecule has 0 unspecified atom stereocenters. The second-order valence-corrected chi connectivity index (χ2v) is 2.78. The minimum atomic E-state index is -0.161. The van der Waals surface area contributed by atoms with Gasteiger partial charge in [0.1, 0.15) is 11.3 Å². The molecule has 0 amide bonds. The van der Waals surface area contributed by atoms with Crippen LogP contribution in [0.5, 0.6) is 0 Å². The van der Waals surface area contributed by atoms with Gasteiger partial charge in [-0.15, -0.1) is 0 Å². The molecule has 5 heteroatoms. The summed E-state index contributed by atoms with van der Waals surface area (Å²) in [6.45, 7) is 1.77. The lowest BCUT2D eigenvalue weighted by atomic mass is 10.5. The van der Waals surface area contributed by atoms with Crippen LogP contribution in [-0.2, 0) is 7.05 Å². The van der Waals surface area contributed by atoms with Crippen molar-refractivity contribution in [2.24, 2.45) is 7.05 Å². The van der Waals surface area contributed by atoms with Crippen LogP contribution in [0.1, 0.15) is 5.82 Å². The Bertz CT molecular complexity index is 517. The van der Waals surface area contributed by atoms with Crippen LogP contribution in [0.25, 0.3) is 11.2 Å². The number of hydrogen-bond donors (Lipinski definition) is 0. The summed E-state index contributed by atoms with van der Waals surface area (Å²) in [4.78, 5) is 23.2. The van der Waals surface area contributed by atoms with E-state index in [1.165, 1.54) is 10.8 Å². The van der Waals surface area contributed by atoms with Crippen molar-refractivity contribution in [3.05, 3.63) is 28.6 Å². The average Bonchev–Trinajstić information content (AvgIpc) is 2.12. The molecule has 0 spiro atoms. The Morgan fingerprint density at radius 1 is 1.31 bits per heavy atom. The van der Waals surface area contributed by atoms with Crippen LogP contribution in [0, 0.1) is 6.92 Å². The molecule has 2 aromatic heterocycles. The Morgan fingerprint density at radius 2 is 2.08 bits per heavy atom. The van der Waals surface area contributed by atoms with Gasteiger partial charge >= 0.3 is 0 Å². The van der Waals surface area contributed by atoms with E-state index >= 15 is 0 Å². The highest BCUT2D eigenvalue weighted by molar-refractivity contribution is 5.68. The molecule has 0 aliphatic carbocycles. The first-order valence-electron chi connectivity index (χ1n) is 3.84. The molecule has 0 aliphatic rings. The highest BCUT2D eigenvalue weighted by Crippen LogP contribution is 2.02. The first-order valence-corrected chi connectivity index (χ1v) is 3.84. The van der Waals surface area contributed by atoms with E-state index in [1.54, 1.807) is 20.2 Å². The molecular formula is C8H8N4O. The van der Waals surface area contributed by atoms with Crippen molar-refractivity contribution in [1.29, 1.82) is 0 Å². The fourth-order valence-electron chi connectivity index (χ4n) is 1.11. The van der Waals surface area contributed by atoms with Gasteiger partial charge in [0.25, 0.3) is 5.56 Å². The Hall–Kier alpha value is -1.78. The summed E-state index contributed by atoms with van der Waals surface area (Å²) in [5.41, 5.74) is 1.04. The predicted octanol–water partition coefficient (Wildman–Crippen LogP) is 0.0319. The maximum atomic E-state index is 11.2. The highest BCUT2D eigenvalue weighted by Gasteiger charge is 2.01. The number of aromatic nitrogens is 4. The topological polar surface area (TPSA) is 60.7 Å². The average molecular weight is 176 g/mol. The second kappa shape index (κ2) is 2.62. The molecule has 0 N–H and O–H groups in total. The number of aryl methyl sites for hydroxylation is 2. The Kier molecular flexibility index (Phi) is 1.58. The number of hydrogen-bond acceptors (Lipinski definition) is 4. The first-order chi connectivity index (χ1) is 6.18. The van der Waals surface area contributed by atoms with Crippen molar-refractivity contribution in [1.82, 2.24) is 19.5 Å². The van der Waals surface area contributed by atoms with Gasteiger partial charge < -0.3 is 0 Å². The summed E-state index contributed by atoms with van der Waals surface area (Å²) in [6, 6.07) is 0. The molecule has 2 rings (SSSR count). The summed E-state index contributed by atoms with van der Waals surface area (Å²) in [7, 11) is 1.67. The maximum absolute atomic E-state index is 11.2. The third-order valence-electron chi connectivity index (χ3n) is 1.83. The smallest absolute Gasteiger partial charge is 0.270 e. The highest BCUT2D eigenvalue weighted by atomic mass is 16.1. The zero-order valence-corrected chi connectivity index (χ0v) is 7.35. The van der Waals surface area contributed by atoms with Gasteiger partial charge in [-0.3, -0.25) is 9.36 Å². The van der Waals surface area contributed by atoms with E-state index < -0.39 is 0 Å². The number of nitrogens with zero attached hydrogens (tertiary/aromatic N) is 4. The second-order valence-electron chi connectivity index (χ2n) is 2.78. The SMILES string of the molecule is Cc1ncc2ncc(=O)n(C)c2n1. The Labute approximate surface area is 74.1 Å². The minimum absolute atomic E-state index is 0.161. The maximum Gasteiger partial charge on any atom is 0.270 e. The third kappa shape index (κ3) is 1.18. The molecule has 2 heterocycles. The van der Waals surface area contributed by atoms with Crippen molar-refractivity contribution in [3.63, 3.8) is 0 Å². The number of fused-ring (bicyclic) bond motifs is 1. The van der Waals surface area contributed by atoms with Gasteiger partial charge in [-0.2, -0.15) is 0 Å². The Balaban J connectivity index is 2.97. The zero-order valence-electron chi connectivity index (χ0n) is 7.35. The van der Waals surface area contributed by atoms with Crippen LogP contribution in [0.15, 0.2) is 17.2 Å². The van der Waals surface area contributed by atoms with Gasteiger partial charge in [-0.05, 0) is 6.92 Å². The van der Waals surface area contributed by atoms with Crippen LogP contribution < -0.4 is 5.56 Å². The fraction of sp³-hybridized carbons (Fsp3) is 0.250. The third-order valence-corrected chi connectivity index (χ3v) is 1.83. The molecule has 66 valence electrons. The van der Waals surface area contributed by atoms with Crippen molar-refractivity contribution in [2.45, 2.75) is 6.92 Å². The number of rotatable bonds is 0. The standard InChI is InChI=1S/C8H8N4O/c1-5-9-3-6-8(11-5)12(2)7(13)4-10-6/h3-4H,1-2H3. The Morgan fingerprint density at radius 3 is 2.85 bits per heavy atom. The predicted molar refractivity (Wildman–Crippen MR) is 47.3 cm³/mol. The van der Waals surface area contributed by atoms with Gasteiger partial charge in [0.2, 0.25) is 0 Å². The van der Waals surface area contributed by atoms with Gasteiger partial charge in [0, 0.05) is 7.05 Å². The molecule has 5 nitrogen and oxygen atoms in total. The molecule has 0 aliphatic heterocycles. The van der Waals surface area contributed by atoms with E-state index in [4.69, 9.17) is 0 Å². The van der Waals surface area contributed by atoms with E-state index in [-0.39, 0.29) is 5.56 Å². The molecule has 0 saturated heterocycles. The van der Waals surface area contributed by atoms with Gasteiger partial charge in [0.15, 0.2) is 5.65 Å².